The first-order valence-electron chi connectivity index (χ1n) is 6.43. The van der Waals surface area contributed by atoms with Gasteiger partial charge in [-0.05, 0) is 24.8 Å². The Kier molecular flexibility index (Phi) is 4.37. The van der Waals surface area contributed by atoms with Gasteiger partial charge < -0.3 is 4.57 Å². The van der Waals surface area contributed by atoms with Gasteiger partial charge in [0.25, 0.3) is 0 Å². The first kappa shape index (κ1) is 11.9. The zero-order valence-electron chi connectivity index (χ0n) is 10.5. The summed E-state index contributed by atoms with van der Waals surface area (Å²) in [4.78, 5) is 4.23. The van der Waals surface area contributed by atoms with Crippen molar-refractivity contribution in [3.8, 4) is 0 Å². The van der Waals surface area contributed by atoms with E-state index in [1.165, 1.54) is 24.1 Å². The van der Waals surface area contributed by atoms with E-state index in [0.717, 1.165) is 19.4 Å². The largest absolute Gasteiger partial charge is 0.335 e. The van der Waals surface area contributed by atoms with Crippen molar-refractivity contribution < 1.29 is 0 Å². The zero-order chi connectivity index (χ0) is 11.9. The fourth-order valence-electron chi connectivity index (χ4n) is 2.11. The lowest BCUT2D eigenvalue weighted by Crippen LogP contribution is -2.02. The van der Waals surface area contributed by atoms with Gasteiger partial charge in [-0.1, -0.05) is 43.7 Å². The summed E-state index contributed by atoms with van der Waals surface area (Å²) < 4.78 is 2.28. The molecule has 0 saturated heterocycles. The minimum Gasteiger partial charge on any atom is -0.335 e. The number of nitrogens with zero attached hydrogens (tertiary/aromatic N) is 2. The maximum Gasteiger partial charge on any atom is 0.0948 e. The van der Waals surface area contributed by atoms with Crippen LogP contribution in [0.3, 0.4) is 0 Å². The van der Waals surface area contributed by atoms with E-state index in [0.29, 0.717) is 0 Å². The molecule has 0 atom stereocenters. The van der Waals surface area contributed by atoms with Crippen molar-refractivity contribution in [1.29, 1.82) is 0 Å². The number of hydrogen-bond acceptors (Lipinski definition) is 1. The van der Waals surface area contributed by atoms with E-state index >= 15 is 0 Å². The number of imidazole rings is 1. The predicted molar refractivity (Wildman–Crippen MR) is 71.0 cm³/mol. The van der Waals surface area contributed by atoms with Crippen molar-refractivity contribution in [2.24, 2.45) is 0 Å². The molecule has 0 aliphatic heterocycles. The number of aryl methyl sites for hydroxylation is 3. The Hall–Kier alpha value is -1.57. The Morgan fingerprint density at radius 3 is 2.71 bits per heavy atom. The molecule has 0 aliphatic rings. The molecular weight excluding hydrogens is 208 g/mol. The predicted octanol–water partition coefficient (Wildman–Crippen LogP) is 3.47. The number of aromatic nitrogens is 2. The SMILES string of the molecule is CCCc1cncn1CCCc1ccccc1. The molecule has 90 valence electrons. The van der Waals surface area contributed by atoms with Gasteiger partial charge in [0.2, 0.25) is 0 Å². The van der Waals surface area contributed by atoms with Gasteiger partial charge in [0.1, 0.15) is 0 Å². The summed E-state index contributed by atoms with van der Waals surface area (Å²) in [6.45, 7) is 3.28. The van der Waals surface area contributed by atoms with Crippen LogP contribution in [0, 0.1) is 0 Å². The molecular formula is C15H20N2. The highest BCUT2D eigenvalue weighted by Gasteiger charge is 2.00. The van der Waals surface area contributed by atoms with Crippen LogP contribution >= 0.6 is 0 Å². The molecule has 0 bridgehead atoms. The molecule has 0 radical (unpaired) electrons. The highest BCUT2D eigenvalue weighted by Crippen LogP contribution is 2.07. The number of rotatable bonds is 6. The second kappa shape index (κ2) is 6.24. The molecule has 1 aromatic heterocycles. The van der Waals surface area contributed by atoms with Gasteiger partial charge >= 0.3 is 0 Å². The molecule has 2 rings (SSSR count). The standard InChI is InChI=1S/C15H20N2/c1-2-7-15-12-16-13-17(15)11-6-10-14-8-4-3-5-9-14/h3-5,8-9,12-13H,2,6-7,10-11H2,1H3. The summed E-state index contributed by atoms with van der Waals surface area (Å²) in [6.07, 6.45) is 8.58. The maximum absolute atomic E-state index is 4.23. The Bertz CT molecular complexity index is 431. The van der Waals surface area contributed by atoms with E-state index in [1.807, 2.05) is 12.5 Å². The molecule has 0 N–H and O–H groups in total. The Balaban J connectivity index is 1.84. The molecule has 2 nitrogen and oxygen atoms in total. The zero-order valence-corrected chi connectivity index (χ0v) is 10.5. The van der Waals surface area contributed by atoms with Gasteiger partial charge in [-0.15, -0.1) is 0 Å². The topological polar surface area (TPSA) is 17.8 Å². The molecule has 0 amide bonds. The fourth-order valence-corrected chi connectivity index (χ4v) is 2.11. The van der Waals surface area contributed by atoms with Crippen molar-refractivity contribution in [2.45, 2.75) is 39.2 Å². The smallest absolute Gasteiger partial charge is 0.0948 e. The quantitative estimate of drug-likeness (QED) is 0.740. The molecule has 17 heavy (non-hydrogen) atoms. The first-order valence-corrected chi connectivity index (χ1v) is 6.43. The fraction of sp³-hybridized carbons (Fsp3) is 0.400. The van der Waals surface area contributed by atoms with E-state index < -0.39 is 0 Å². The van der Waals surface area contributed by atoms with Gasteiger partial charge in [-0.2, -0.15) is 0 Å². The molecule has 0 spiro atoms. The third kappa shape index (κ3) is 3.45. The molecule has 2 heteroatoms. The second-order valence-corrected chi connectivity index (χ2v) is 4.42. The van der Waals surface area contributed by atoms with Crippen molar-refractivity contribution in [1.82, 2.24) is 9.55 Å². The maximum atomic E-state index is 4.23. The van der Waals surface area contributed by atoms with Crippen LogP contribution in [0.2, 0.25) is 0 Å². The molecule has 0 fully saturated rings. The average molecular weight is 228 g/mol. The third-order valence-electron chi connectivity index (χ3n) is 3.01. The minimum absolute atomic E-state index is 1.07. The highest BCUT2D eigenvalue weighted by atomic mass is 15.0. The van der Waals surface area contributed by atoms with E-state index in [1.54, 1.807) is 0 Å². The van der Waals surface area contributed by atoms with Gasteiger partial charge in [0, 0.05) is 18.4 Å². The van der Waals surface area contributed by atoms with E-state index in [9.17, 15) is 0 Å². The van der Waals surface area contributed by atoms with E-state index in [-0.39, 0.29) is 0 Å². The summed E-state index contributed by atoms with van der Waals surface area (Å²) >= 11 is 0. The van der Waals surface area contributed by atoms with Crippen LogP contribution in [0.25, 0.3) is 0 Å². The Morgan fingerprint density at radius 2 is 1.94 bits per heavy atom. The van der Waals surface area contributed by atoms with Crippen LogP contribution in [0.15, 0.2) is 42.9 Å². The second-order valence-electron chi connectivity index (χ2n) is 4.42. The molecule has 0 saturated carbocycles. The van der Waals surface area contributed by atoms with Crippen molar-refractivity contribution in [3.63, 3.8) is 0 Å². The van der Waals surface area contributed by atoms with Gasteiger partial charge in [0.05, 0.1) is 6.33 Å². The number of benzene rings is 1. The van der Waals surface area contributed by atoms with Crippen LogP contribution in [0.5, 0.6) is 0 Å². The summed E-state index contributed by atoms with van der Waals surface area (Å²) in [7, 11) is 0. The average Bonchev–Trinajstić information content (AvgIpc) is 2.79. The van der Waals surface area contributed by atoms with E-state index in [4.69, 9.17) is 0 Å². The summed E-state index contributed by atoms with van der Waals surface area (Å²) in [5.41, 5.74) is 2.78. The molecule has 1 aromatic carbocycles. The van der Waals surface area contributed by atoms with Crippen LogP contribution < -0.4 is 0 Å². The van der Waals surface area contributed by atoms with Crippen LogP contribution in [0.4, 0.5) is 0 Å². The Morgan fingerprint density at radius 1 is 1.12 bits per heavy atom. The van der Waals surface area contributed by atoms with Crippen molar-refractivity contribution in [2.75, 3.05) is 0 Å². The molecule has 1 heterocycles. The van der Waals surface area contributed by atoms with E-state index in [2.05, 4.69) is 46.8 Å². The number of hydrogen-bond donors (Lipinski definition) is 0. The Labute approximate surface area is 103 Å². The first-order chi connectivity index (χ1) is 8.40. The van der Waals surface area contributed by atoms with Crippen molar-refractivity contribution in [3.05, 3.63) is 54.1 Å². The van der Waals surface area contributed by atoms with Gasteiger partial charge in [-0.3, -0.25) is 0 Å². The summed E-state index contributed by atoms with van der Waals surface area (Å²) in [5, 5.41) is 0. The molecule has 2 aromatic rings. The highest BCUT2D eigenvalue weighted by molar-refractivity contribution is 5.14. The van der Waals surface area contributed by atoms with Crippen LogP contribution in [0.1, 0.15) is 31.0 Å². The van der Waals surface area contributed by atoms with Gasteiger partial charge in [-0.25, -0.2) is 4.98 Å². The minimum atomic E-state index is 1.07. The summed E-state index contributed by atoms with van der Waals surface area (Å²) in [5.74, 6) is 0. The van der Waals surface area contributed by atoms with Gasteiger partial charge in [0.15, 0.2) is 0 Å². The van der Waals surface area contributed by atoms with Crippen LogP contribution in [-0.4, -0.2) is 9.55 Å². The lowest BCUT2D eigenvalue weighted by molar-refractivity contribution is 0.612. The monoisotopic (exact) mass is 228 g/mol. The lowest BCUT2D eigenvalue weighted by atomic mass is 10.1. The van der Waals surface area contributed by atoms with Crippen molar-refractivity contribution >= 4 is 0 Å². The lowest BCUT2D eigenvalue weighted by Gasteiger charge is -2.07. The molecule has 0 aliphatic carbocycles. The summed E-state index contributed by atoms with van der Waals surface area (Å²) in [6, 6.07) is 10.7. The normalized spacial score (nSPS) is 10.6. The third-order valence-corrected chi connectivity index (χ3v) is 3.01. The van der Waals surface area contributed by atoms with Crippen LogP contribution in [-0.2, 0) is 19.4 Å². The molecule has 0 unspecified atom stereocenters.